The number of halogens is 3. The zero-order valence-electron chi connectivity index (χ0n) is 31.2. The molecule has 3 aromatic carbocycles. The summed E-state index contributed by atoms with van der Waals surface area (Å²) in [4.78, 5) is 16.2. The van der Waals surface area contributed by atoms with E-state index in [0.717, 1.165) is 52.0 Å². The van der Waals surface area contributed by atoms with Gasteiger partial charge in [0.25, 0.3) is 0 Å². The molecule has 1 radical (unpaired) electrons. The number of aliphatic hydroxyl groups excluding tert-OH is 1. The van der Waals surface area contributed by atoms with Gasteiger partial charge in [-0.15, -0.1) is 0 Å². The van der Waals surface area contributed by atoms with E-state index < -0.39 is 25.0 Å². The van der Waals surface area contributed by atoms with Gasteiger partial charge in [-0.25, -0.2) is 0 Å². The van der Waals surface area contributed by atoms with Gasteiger partial charge in [-0.05, 0) is 25.7 Å². The van der Waals surface area contributed by atoms with Crippen LogP contribution in [0.4, 0.5) is 13.2 Å². The Morgan fingerprint density at radius 3 is 2.00 bits per heavy atom. The molecule has 1 aromatic heterocycles. The number of aliphatic hydroxyl groups is 1. The van der Waals surface area contributed by atoms with Crippen LogP contribution in [0.2, 0.25) is 17.3 Å². The molecule has 4 aromatic rings. The van der Waals surface area contributed by atoms with E-state index in [2.05, 4.69) is 61.2 Å². The van der Waals surface area contributed by atoms with E-state index in [4.69, 9.17) is 0 Å². The fraction of sp³-hybridized carbons (Fsp3) is 0.429. The van der Waals surface area contributed by atoms with Gasteiger partial charge in [0.15, 0.2) is 5.78 Å². The Morgan fingerprint density at radius 1 is 0.860 bits per heavy atom. The normalized spacial score (nSPS) is 12.5. The molecule has 0 aliphatic carbocycles. The minimum atomic E-state index is -4.43. The number of carbonyl (C=O) groups excluding carboxylic acids is 1. The van der Waals surface area contributed by atoms with Crippen molar-refractivity contribution < 1.29 is 43.2 Å². The number of ketones is 1. The molecule has 0 unspecified atom stereocenters. The number of alkyl halides is 3. The summed E-state index contributed by atoms with van der Waals surface area (Å²) in [7, 11) is 0. The number of pyridine rings is 1. The van der Waals surface area contributed by atoms with Crippen molar-refractivity contribution in [3.05, 3.63) is 95.9 Å². The average molecular weight is 926 g/mol. The van der Waals surface area contributed by atoms with Gasteiger partial charge in [-0.3, -0.25) is 4.79 Å². The zero-order valence-corrected chi connectivity index (χ0v) is 35.7. The standard InChI is InChI=1S/C29H29F3GeN.C13H24O2.Ir/c1-28(2,3)25-16-21(15-19-9-7-8-10-23(19)25)27-17-20(13-14-34-27)24-12-11-22(33(4,5)6)18-26(24)29(30,31)32;1-5-10(6-2)12(14)9-13(15)11(7-3)8-4;/h7-14,16-18H,1-6H3;9-11,14H,5-8H2,1-4H3;/q-1;;/b;12-9-;. The smallest absolute Gasteiger partial charge is 0.162 e. The molecule has 0 aliphatic heterocycles. The quantitative estimate of drug-likeness (QED) is 0.0746. The van der Waals surface area contributed by atoms with Gasteiger partial charge in [0, 0.05) is 38.0 Å². The Bertz CT molecular complexity index is 1760. The van der Waals surface area contributed by atoms with Gasteiger partial charge in [-0.1, -0.05) is 33.8 Å². The second-order valence-electron chi connectivity index (χ2n) is 14.8. The average Bonchev–Trinajstić information content (AvgIpc) is 3.04. The summed E-state index contributed by atoms with van der Waals surface area (Å²) in [5.74, 6) is 6.85. The molecule has 0 aliphatic rings. The van der Waals surface area contributed by atoms with Crippen LogP contribution in [0.15, 0.2) is 78.7 Å². The molecular formula is C42H53F3GeIrNO2-. The van der Waals surface area contributed by atoms with Crippen LogP contribution in [0.3, 0.4) is 0 Å². The Hall–Kier alpha value is -2.74. The first-order chi connectivity index (χ1) is 22.8. The van der Waals surface area contributed by atoms with Crippen LogP contribution in [0, 0.1) is 17.9 Å². The number of benzene rings is 3. The number of allylic oxidation sites excluding steroid dienone is 2. The van der Waals surface area contributed by atoms with Crippen molar-refractivity contribution in [3.63, 3.8) is 0 Å². The van der Waals surface area contributed by atoms with Gasteiger partial charge in [0.1, 0.15) is 0 Å². The van der Waals surface area contributed by atoms with Crippen LogP contribution >= 0.6 is 0 Å². The minimum Gasteiger partial charge on any atom is -0.512 e. The summed E-state index contributed by atoms with van der Waals surface area (Å²) in [5, 5.41) is 11.8. The van der Waals surface area contributed by atoms with Crippen molar-refractivity contribution in [1.82, 2.24) is 4.98 Å². The number of hydrogen-bond donors (Lipinski definition) is 1. The number of aromatic nitrogens is 1. The van der Waals surface area contributed by atoms with E-state index in [9.17, 15) is 23.1 Å². The van der Waals surface area contributed by atoms with E-state index in [1.165, 1.54) is 12.1 Å². The van der Waals surface area contributed by atoms with Crippen LogP contribution < -0.4 is 4.40 Å². The van der Waals surface area contributed by atoms with Gasteiger partial charge >= 0.3 is 197 Å². The van der Waals surface area contributed by atoms with Crippen molar-refractivity contribution in [3.8, 4) is 22.4 Å². The Kier molecular flexibility index (Phi) is 15.8. The number of hydrogen-bond acceptors (Lipinski definition) is 3. The molecule has 0 saturated heterocycles. The predicted molar refractivity (Wildman–Crippen MR) is 202 cm³/mol. The minimum absolute atomic E-state index is 0. The summed E-state index contributed by atoms with van der Waals surface area (Å²) in [6.45, 7) is 14.5. The van der Waals surface area contributed by atoms with Crippen LogP contribution in [0.5, 0.6) is 0 Å². The molecule has 1 N–H and O–H groups in total. The van der Waals surface area contributed by atoms with Crippen LogP contribution in [-0.4, -0.2) is 29.1 Å². The first-order valence-electron chi connectivity index (χ1n) is 17.4. The van der Waals surface area contributed by atoms with E-state index >= 15 is 0 Å². The van der Waals surface area contributed by atoms with Crippen molar-refractivity contribution in [1.29, 1.82) is 0 Å². The summed E-state index contributed by atoms with van der Waals surface area (Å²) >= 11 is -2.43. The Labute approximate surface area is 313 Å². The maximum atomic E-state index is 14.1. The number of nitrogens with zero attached hydrogens (tertiary/aromatic N) is 1. The molecule has 0 amide bonds. The summed E-state index contributed by atoms with van der Waals surface area (Å²) in [6, 6.07) is 21.8. The van der Waals surface area contributed by atoms with Crippen molar-refractivity contribution in [2.24, 2.45) is 11.8 Å². The molecule has 0 spiro atoms. The largest absolute Gasteiger partial charge is 0.512 e. The molecule has 1 heterocycles. The predicted octanol–water partition coefficient (Wildman–Crippen LogP) is 12.1. The Balaban J connectivity index is 0.000000461. The van der Waals surface area contributed by atoms with E-state index in [0.29, 0.717) is 11.3 Å². The second kappa shape index (κ2) is 18.1. The van der Waals surface area contributed by atoms with Gasteiger partial charge in [0.05, 0.1) is 5.76 Å². The SMILES string of the molecule is CC(C)(C)c1cc(-c2cc(-c3cc[c]([Ge]([CH3])([CH3])[CH3])cc3C(F)(F)F)ccn2)[c-]c2ccccc12.CCC(CC)C(=O)/C=C(\O)C(CC)CC.[Ir]. The molecule has 8 heteroatoms. The van der Waals surface area contributed by atoms with Crippen molar-refractivity contribution in [2.45, 2.75) is 103 Å². The fourth-order valence-corrected chi connectivity index (χ4v) is 8.45. The van der Waals surface area contributed by atoms with E-state index in [1.54, 1.807) is 24.4 Å². The third kappa shape index (κ3) is 11.1. The molecule has 0 saturated carbocycles. The van der Waals surface area contributed by atoms with Gasteiger partial charge in [0.2, 0.25) is 0 Å². The molecule has 273 valence electrons. The van der Waals surface area contributed by atoms with E-state index in [-0.39, 0.29) is 54.5 Å². The third-order valence-electron chi connectivity index (χ3n) is 9.20. The summed E-state index contributed by atoms with van der Waals surface area (Å²) in [5.41, 5.74) is 2.53. The second-order valence-corrected chi connectivity index (χ2v) is 25.5. The van der Waals surface area contributed by atoms with Crippen LogP contribution in [-0.2, 0) is 36.5 Å². The zero-order chi connectivity index (χ0) is 36.7. The monoisotopic (exact) mass is 927 g/mol. The summed E-state index contributed by atoms with van der Waals surface area (Å²) in [6.07, 6.45) is 2.06. The van der Waals surface area contributed by atoms with Crippen molar-refractivity contribution in [2.75, 3.05) is 0 Å². The molecule has 3 nitrogen and oxygen atoms in total. The molecule has 0 bridgehead atoms. The first-order valence-corrected chi connectivity index (χ1v) is 24.8. The summed E-state index contributed by atoms with van der Waals surface area (Å²) < 4.78 is 43.1. The fourth-order valence-electron chi connectivity index (χ4n) is 6.01. The third-order valence-corrected chi connectivity index (χ3v) is 13.5. The van der Waals surface area contributed by atoms with Gasteiger partial charge in [-0.2, -0.15) is 0 Å². The maximum Gasteiger partial charge on any atom is 0.162 e. The number of rotatable bonds is 10. The molecule has 0 fully saturated rings. The molecule has 50 heavy (non-hydrogen) atoms. The first kappa shape index (κ1) is 43.4. The van der Waals surface area contributed by atoms with E-state index in [1.807, 2.05) is 52.0 Å². The molecule has 0 atom stereocenters. The van der Waals surface area contributed by atoms with Crippen LogP contribution in [0.25, 0.3) is 33.2 Å². The number of carbonyl (C=O) groups is 1. The van der Waals surface area contributed by atoms with Crippen molar-refractivity contribution >= 4 is 34.2 Å². The number of fused-ring (bicyclic) bond motifs is 1. The Morgan fingerprint density at radius 2 is 1.46 bits per heavy atom. The van der Waals surface area contributed by atoms with Gasteiger partial charge < -0.3 is 5.11 Å². The molecule has 4 rings (SSSR count). The topological polar surface area (TPSA) is 50.2 Å². The van der Waals surface area contributed by atoms with Crippen LogP contribution in [0.1, 0.15) is 85.3 Å². The molecular weight excluding hydrogens is 872 g/mol. The maximum absolute atomic E-state index is 14.1.